The van der Waals surface area contributed by atoms with E-state index in [4.69, 9.17) is 5.73 Å². The zero-order valence-corrected chi connectivity index (χ0v) is 10.3. The van der Waals surface area contributed by atoms with Crippen molar-refractivity contribution in [1.29, 1.82) is 0 Å². The second kappa shape index (κ2) is 4.58. The van der Waals surface area contributed by atoms with Gasteiger partial charge in [0.2, 0.25) is 0 Å². The summed E-state index contributed by atoms with van der Waals surface area (Å²) >= 11 is 0. The number of anilines is 1. The third kappa shape index (κ3) is 1.97. The summed E-state index contributed by atoms with van der Waals surface area (Å²) in [6, 6.07) is 20.7. The average Bonchev–Trinajstić information content (AvgIpc) is 2.47. The number of benzene rings is 3. The van der Waals surface area contributed by atoms with E-state index < -0.39 is 0 Å². The molecule has 0 heterocycles. The fourth-order valence-electron chi connectivity index (χ4n) is 2.28. The molecule has 3 aromatic rings. The SMILES string of the molecule is Nc1ccc2ccccc2c1C(=O)c1ccccc1. The number of nitrogens with two attached hydrogens (primary N) is 1. The maximum absolute atomic E-state index is 12.6. The summed E-state index contributed by atoms with van der Waals surface area (Å²) in [6.07, 6.45) is 0. The Bertz CT molecular complexity index is 748. The topological polar surface area (TPSA) is 43.1 Å². The molecule has 2 N–H and O–H groups in total. The smallest absolute Gasteiger partial charge is 0.195 e. The highest BCUT2D eigenvalue weighted by Gasteiger charge is 2.15. The average molecular weight is 247 g/mol. The molecule has 0 aliphatic carbocycles. The predicted octanol–water partition coefficient (Wildman–Crippen LogP) is 3.65. The highest BCUT2D eigenvalue weighted by atomic mass is 16.1. The molecule has 2 nitrogen and oxygen atoms in total. The minimum Gasteiger partial charge on any atom is -0.398 e. The number of carbonyl (C=O) groups is 1. The van der Waals surface area contributed by atoms with Crippen molar-refractivity contribution in [1.82, 2.24) is 0 Å². The van der Waals surface area contributed by atoms with Crippen molar-refractivity contribution < 1.29 is 4.79 Å². The van der Waals surface area contributed by atoms with E-state index in [0.717, 1.165) is 10.8 Å². The van der Waals surface area contributed by atoms with Gasteiger partial charge in [-0.3, -0.25) is 4.79 Å². The maximum atomic E-state index is 12.6. The third-order valence-corrected chi connectivity index (χ3v) is 3.22. The van der Waals surface area contributed by atoms with E-state index in [1.54, 1.807) is 6.07 Å². The Balaban J connectivity index is 2.25. The first-order valence-corrected chi connectivity index (χ1v) is 6.14. The van der Waals surface area contributed by atoms with Gasteiger partial charge in [0.05, 0.1) is 5.56 Å². The second-order valence-corrected chi connectivity index (χ2v) is 4.45. The number of nitrogen functional groups attached to an aromatic ring is 1. The lowest BCUT2D eigenvalue weighted by molar-refractivity contribution is 0.104. The van der Waals surface area contributed by atoms with Crippen molar-refractivity contribution in [3.8, 4) is 0 Å². The quantitative estimate of drug-likeness (QED) is 0.555. The van der Waals surface area contributed by atoms with Crippen LogP contribution >= 0.6 is 0 Å². The number of fused-ring (bicyclic) bond motifs is 1. The largest absolute Gasteiger partial charge is 0.398 e. The molecule has 0 unspecified atom stereocenters. The molecule has 3 aromatic carbocycles. The van der Waals surface area contributed by atoms with E-state index >= 15 is 0 Å². The highest BCUT2D eigenvalue weighted by molar-refractivity contribution is 6.19. The minimum absolute atomic E-state index is 0.0325. The van der Waals surface area contributed by atoms with Crippen LogP contribution in [0.25, 0.3) is 10.8 Å². The van der Waals surface area contributed by atoms with Crippen molar-refractivity contribution in [2.75, 3.05) is 5.73 Å². The predicted molar refractivity (Wildman–Crippen MR) is 78.2 cm³/mol. The van der Waals surface area contributed by atoms with Gasteiger partial charge in [0, 0.05) is 11.3 Å². The molecule has 0 atom stereocenters. The van der Waals surface area contributed by atoms with Crippen LogP contribution in [0.1, 0.15) is 15.9 Å². The molecule has 0 aliphatic rings. The first kappa shape index (κ1) is 11.5. The molecule has 0 bridgehead atoms. The molecule has 0 aliphatic heterocycles. The van der Waals surface area contributed by atoms with Gasteiger partial charge in [-0.1, -0.05) is 60.7 Å². The van der Waals surface area contributed by atoms with Gasteiger partial charge in [0.1, 0.15) is 0 Å². The molecule has 19 heavy (non-hydrogen) atoms. The number of hydrogen-bond donors (Lipinski definition) is 1. The Kier molecular flexibility index (Phi) is 2.76. The molecule has 0 spiro atoms. The monoisotopic (exact) mass is 247 g/mol. The fraction of sp³-hybridized carbons (Fsp3) is 0. The van der Waals surface area contributed by atoms with Crippen LogP contribution in [0.3, 0.4) is 0 Å². The van der Waals surface area contributed by atoms with Gasteiger partial charge >= 0.3 is 0 Å². The van der Waals surface area contributed by atoms with Crippen LogP contribution in [-0.2, 0) is 0 Å². The Morgan fingerprint density at radius 3 is 2.26 bits per heavy atom. The molecule has 0 radical (unpaired) electrons. The summed E-state index contributed by atoms with van der Waals surface area (Å²) in [5.74, 6) is -0.0325. The van der Waals surface area contributed by atoms with Gasteiger partial charge in [-0.25, -0.2) is 0 Å². The van der Waals surface area contributed by atoms with E-state index in [1.165, 1.54) is 0 Å². The van der Waals surface area contributed by atoms with Crippen molar-refractivity contribution in [3.63, 3.8) is 0 Å². The van der Waals surface area contributed by atoms with Crippen molar-refractivity contribution in [2.24, 2.45) is 0 Å². The van der Waals surface area contributed by atoms with Gasteiger partial charge < -0.3 is 5.73 Å². The summed E-state index contributed by atoms with van der Waals surface area (Å²) in [4.78, 5) is 12.6. The zero-order chi connectivity index (χ0) is 13.2. The summed E-state index contributed by atoms with van der Waals surface area (Å²) in [6.45, 7) is 0. The number of ketones is 1. The highest BCUT2D eigenvalue weighted by Crippen LogP contribution is 2.26. The first-order chi connectivity index (χ1) is 9.27. The van der Waals surface area contributed by atoms with E-state index in [9.17, 15) is 4.79 Å². The van der Waals surface area contributed by atoms with Crippen LogP contribution in [0.15, 0.2) is 66.7 Å². The van der Waals surface area contributed by atoms with E-state index in [0.29, 0.717) is 16.8 Å². The summed E-state index contributed by atoms with van der Waals surface area (Å²) < 4.78 is 0. The Morgan fingerprint density at radius 2 is 1.47 bits per heavy atom. The van der Waals surface area contributed by atoms with Crippen LogP contribution < -0.4 is 5.73 Å². The minimum atomic E-state index is -0.0325. The van der Waals surface area contributed by atoms with Crippen LogP contribution in [0.2, 0.25) is 0 Å². The summed E-state index contributed by atoms with van der Waals surface area (Å²) in [5.41, 5.74) is 7.77. The molecular formula is C17H13NO. The molecular weight excluding hydrogens is 234 g/mol. The molecule has 2 heteroatoms. The van der Waals surface area contributed by atoms with E-state index in [-0.39, 0.29) is 5.78 Å². The molecule has 0 saturated heterocycles. The molecule has 0 aromatic heterocycles. The Labute approximate surface area is 111 Å². The van der Waals surface area contributed by atoms with Gasteiger partial charge in [-0.2, -0.15) is 0 Å². The molecule has 92 valence electrons. The lowest BCUT2D eigenvalue weighted by atomic mass is 9.96. The fourth-order valence-corrected chi connectivity index (χ4v) is 2.28. The summed E-state index contributed by atoms with van der Waals surface area (Å²) in [5, 5.41) is 1.92. The van der Waals surface area contributed by atoms with Gasteiger partial charge in [-0.15, -0.1) is 0 Å². The Hall–Kier alpha value is -2.61. The van der Waals surface area contributed by atoms with E-state index in [2.05, 4.69) is 0 Å². The van der Waals surface area contributed by atoms with Crippen molar-refractivity contribution in [2.45, 2.75) is 0 Å². The standard InChI is InChI=1S/C17H13NO/c18-15-11-10-12-6-4-5-9-14(12)16(15)17(19)13-7-2-1-3-8-13/h1-11H,18H2. The van der Waals surface area contributed by atoms with Crippen LogP contribution in [-0.4, -0.2) is 5.78 Å². The normalized spacial score (nSPS) is 10.5. The zero-order valence-electron chi connectivity index (χ0n) is 10.3. The molecule has 0 amide bonds. The van der Waals surface area contributed by atoms with Gasteiger partial charge in [-0.05, 0) is 16.8 Å². The van der Waals surface area contributed by atoms with Crippen LogP contribution in [0, 0.1) is 0 Å². The Morgan fingerprint density at radius 1 is 0.789 bits per heavy atom. The van der Waals surface area contributed by atoms with Gasteiger partial charge in [0.25, 0.3) is 0 Å². The van der Waals surface area contributed by atoms with Crippen molar-refractivity contribution in [3.05, 3.63) is 77.9 Å². The summed E-state index contributed by atoms with van der Waals surface area (Å²) in [7, 11) is 0. The first-order valence-electron chi connectivity index (χ1n) is 6.14. The second-order valence-electron chi connectivity index (χ2n) is 4.45. The maximum Gasteiger partial charge on any atom is 0.195 e. The van der Waals surface area contributed by atoms with Crippen LogP contribution in [0.5, 0.6) is 0 Å². The molecule has 0 saturated carbocycles. The van der Waals surface area contributed by atoms with Gasteiger partial charge in [0.15, 0.2) is 5.78 Å². The van der Waals surface area contributed by atoms with Crippen LogP contribution in [0.4, 0.5) is 5.69 Å². The molecule has 0 fully saturated rings. The van der Waals surface area contributed by atoms with Crippen molar-refractivity contribution >= 4 is 22.2 Å². The lowest BCUT2D eigenvalue weighted by Crippen LogP contribution is -2.06. The third-order valence-electron chi connectivity index (χ3n) is 3.22. The number of rotatable bonds is 2. The lowest BCUT2D eigenvalue weighted by Gasteiger charge is -2.09. The number of carbonyl (C=O) groups excluding carboxylic acids is 1. The van der Waals surface area contributed by atoms with E-state index in [1.807, 2.05) is 60.7 Å². The molecule has 3 rings (SSSR count). The number of hydrogen-bond acceptors (Lipinski definition) is 2.